The fraction of sp³-hybridized carbons (Fsp3) is 0.118. The molecule has 0 saturated carbocycles. The zero-order valence-corrected chi connectivity index (χ0v) is 12.7. The summed E-state index contributed by atoms with van der Waals surface area (Å²) in [4.78, 5) is 34.3. The van der Waals surface area contributed by atoms with E-state index in [1.54, 1.807) is 36.4 Å². The lowest BCUT2D eigenvalue weighted by atomic mass is 10.1. The quantitative estimate of drug-likeness (QED) is 0.718. The number of rotatable bonds is 4. The molecule has 0 atom stereocenters. The first-order valence-electron chi connectivity index (χ1n) is 6.86. The van der Waals surface area contributed by atoms with E-state index in [1.165, 1.54) is 11.3 Å². The standard InChI is InChI=1S/C17H12O5S/c18-15(19)7-9-1-3-13-11(5-9)17(22)12-6-10(8-16(20)21)2-4-14(12)23-13/h1-6H,7-8H2,(H,18,19)(H,20,21). The molecule has 2 aromatic carbocycles. The van der Waals surface area contributed by atoms with E-state index in [0.717, 1.165) is 9.40 Å². The van der Waals surface area contributed by atoms with Gasteiger partial charge in [0.15, 0.2) is 5.43 Å². The Morgan fingerprint density at radius 1 is 0.826 bits per heavy atom. The van der Waals surface area contributed by atoms with E-state index >= 15 is 0 Å². The lowest BCUT2D eigenvalue weighted by Gasteiger charge is -2.05. The van der Waals surface area contributed by atoms with Crippen LogP contribution in [0.15, 0.2) is 41.2 Å². The number of carboxylic acids is 2. The first-order chi connectivity index (χ1) is 10.9. The van der Waals surface area contributed by atoms with Crippen molar-refractivity contribution < 1.29 is 19.8 Å². The van der Waals surface area contributed by atoms with Crippen molar-refractivity contribution in [3.05, 3.63) is 57.7 Å². The molecule has 6 heteroatoms. The Hall–Kier alpha value is -2.73. The van der Waals surface area contributed by atoms with Gasteiger partial charge in [0.05, 0.1) is 12.8 Å². The monoisotopic (exact) mass is 328 g/mol. The molecule has 0 fully saturated rings. The molecule has 0 amide bonds. The van der Waals surface area contributed by atoms with Crippen molar-refractivity contribution in [1.82, 2.24) is 0 Å². The highest BCUT2D eigenvalue weighted by Crippen LogP contribution is 2.26. The van der Waals surface area contributed by atoms with Gasteiger partial charge in [-0.1, -0.05) is 12.1 Å². The van der Waals surface area contributed by atoms with Crippen molar-refractivity contribution in [3.63, 3.8) is 0 Å². The zero-order valence-electron chi connectivity index (χ0n) is 11.9. The molecule has 0 radical (unpaired) electrons. The molecule has 0 spiro atoms. The van der Waals surface area contributed by atoms with Gasteiger partial charge < -0.3 is 10.2 Å². The summed E-state index contributed by atoms with van der Waals surface area (Å²) in [6, 6.07) is 10.1. The Bertz CT molecular complexity index is 926. The van der Waals surface area contributed by atoms with Crippen molar-refractivity contribution >= 4 is 43.4 Å². The maximum atomic E-state index is 12.7. The number of carbonyl (C=O) groups is 2. The van der Waals surface area contributed by atoms with Gasteiger partial charge in [-0.25, -0.2) is 0 Å². The van der Waals surface area contributed by atoms with Gasteiger partial charge in [0.1, 0.15) is 0 Å². The molecule has 0 aliphatic carbocycles. The van der Waals surface area contributed by atoms with Gasteiger partial charge in [-0.15, -0.1) is 11.3 Å². The second-order valence-electron chi connectivity index (χ2n) is 5.23. The summed E-state index contributed by atoms with van der Waals surface area (Å²) in [6.45, 7) is 0. The second kappa shape index (κ2) is 5.81. The van der Waals surface area contributed by atoms with Gasteiger partial charge in [0, 0.05) is 20.2 Å². The van der Waals surface area contributed by atoms with Crippen LogP contribution < -0.4 is 5.43 Å². The summed E-state index contributed by atoms with van der Waals surface area (Å²) in [5.41, 5.74) is 0.930. The Balaban J connectivity index is 2.22. The number of carboxylic acid groups (broad SMARTS) is 2. The van der Waals surface area contributed by atoms with Crippen LogP contribution in [0.5, 0.6) is 0 Å². The number of hydrogen-bond acceptors (Lipinski definition) is 4. The van der Waals surface area contributed by atoms with E-state index in [1.807, 2.05) is 0 Å². The minimum absolute atomic E-state index is 0.142. The van der Waals surface area contributed by atoms with E-state index in [9.17, 15) is 14.4 Å². The topological polar surface area (TPSA) is 91.7 Å². The third-order valence-corrected chi connectivity index (χ3v) is 4.66. The highest BCUT2D eigenvalue weighted by Gasteiger charge is 2.10. The molecule has 0 bridgehead atoms. The Labute approximate surface area is 134 Å². The number of hydrogen-bond donors (Lipinski definition) is 2. The third kappa shape index (κ3) is 3.07. The number of aliphatic carboxylic acids is 2. The van der Waals surface area contributed by atoms with E-state index in [2.05, 4.69) is 0 Å². The molecule has 3 aromatic rings. The van der Waals surface area contributed by atoms with Crippen LogP contribution in [0.1, 0.15) is 11.1 Å². The molecule has 1 aromatic heterocycles. The summed E-state index contributed by atoms with van der Waals surface area (Å²) in [5.74, 6) is -1.91. The molecular weight excluding hydrogens is 316 g/mol. The summed E-state index contributed by atoms with van der Waals surface area (Å²) in [5, 5.41) is 18.7. The van der Waals surface area contributed by atoms with Crippen LogP contribution in [0.3, 0.4) is 0 Å². The van der Waals surface area contributed by atoms with Crippen LogP contribution in [0.2, 0.25) is 0 Å². The van der Waals surface area contributed by atoms with Crippen molar-refractivity contribution in [1.29, 1.82) is 0 Å². The Kier molecular flexibility index (Phi) is 3.83. The molecule has 0 aliphatic rings. The Morgan fingerprint density at radius 3 is 1.65 bits per heavy atom. The van der Waals surface area contributed by atoms with Gasteiger partial charge in [-0.3, -0.25) is 14.4 Å². The first-order valence-corrected chi connectivity index (χ1v) is 7.67. The molecular formula is C17H12O5S. The zero-order chi connectivity index (χ0) is 16.6. The second-order valence-corrected chi connectivity index (χ2v) is 6.32. The predicted octanol–water partition coefficient (Wildman–Crippen LogP) is 2.67. The molecule has 23 heavy (non-hydrogen) atoms. The van der Waals surface area contributed by atoms with Crippen molar-refractivity contribution in [2.45, 2.75) is 12.8 Å². The van der Waals surface area contributed by atoms with Crippen LogP contribution >= 0.6 is 11.3 Å². The summed E-state index contributed by atoms with van der Waals surface area (Å²) >= 11 is 1.43. The maximum absolute atomic E-state index is 12.7. The molecule has 0 unspecified atom stereocenters. The van der Waals surface area contributed by atoms with Crippen molar-refractivity contribution in [3.8, 4) is 0 Å². The smallest absolute Gasteiger partial charge is 0.307 e. The third-order valence-electron chi connectivity index (χ3n) is 3.51. The summed E-state index contributed by atoms with van der Waals surface area (Å²) < 4.78 is 1.56. The van der Waals surface area contributed by atoms with Gasteiger partial charge >= 0.3 is 11.9 Å². The number of fused-ring (bicyclic) bond motifs is 2. The SMILES string of the molecule is O=C(O)Cc1ccc2sc3ccc(CC(=O)O)cc3c(=O)c2c1. The van der Waals surface area contributed by atoms with Crippen LogP contribution in [0, 0.1) is 0 Å². The highest BCUT2D eigenvalue weighted by atomic mass is 32.1. The van der Waals surface area contributed by atoms with E-state index in [-0.39, 0.29) is 18.3 Å². The van der Waals surface area contributed by atoms with E-state index in [4.69, 9.17) is 10.2 Å². The van der Waals surface area contributed by atoms with E-state index < -0.39 is 11.9 Å². The highest BCUT2D eigenvalue weighted by molar-refractivity contribution is 7.24. The molecule has 116 valence electrons. The average Bonchev–Trinajstić information content (AvgIpc) is 2.48. The minimum Gasteiger partial charge on any atom is -0.481 e. The lowest BCUT2D eigenvalue weighted by Crippen LogP contribution is -2.05. The van der Waals surface area contributed by atoms with Gasteiger partial charge in [0.2, 0.25) is 0 Å². The average molecular weight is 328 g/mol. The van der Waals surface area contributed by atoms with Crippen LogP contribution in [-0.4, -0.2) is 22.2 Å². The summed E-state index contributed by atoms with van der Waals surface area (Å²) in [7, 11) is 0. The molecule has 1 heterocycles. The minimum atomic E-state index is -0.954. The molecule has 2 N–H and O–H groups in total. The van der Waals surface area contributed by atoms with E-state index in [0.29, 0.717) is 21.9 Å². The molecule has 5 nitrogen and oxygen atoms in total. The molecule has 0 saturated heterocycles. The predicted molar refractivity (Wildman–Crippen MR) is 88.3 cm³/mol. The van der Waals surface area contributed by atoms with Crippen LogP contribution in [-0.2, 0) is 22.4 Å². The fourth-order valence-corrected chi connectivity index (χ4v) is 3.55. The van der Waals surface area contributed by atoms with Crippen LogP contribution in [0.25, 0.3) is 20.2 Å². The molecule has 3 rings (SSSR count). The van der Waals surface area contributed by atoms with Gasteiger partial charge in [-0.05, 0) is 35.4 Å². The van der Waals surface area contributed by atoms with Crippen LogP contribution in [0.4, 0.5) is 0 Å². The Morgan fingerprint density at radius 2 is 1.26 bits per heavy atom. The normalized spacial score (nSPS) is 11.0. The lowest BCUT2D eigenvalue weighted by molar-refractivity contribution is -0.137. The maximum Gasteiger partial charge on any atom is 0.307 e. The first kappa shape index (κ1) is 15.2. The van der Waals surface area contributed by atoms with Gasteiger partial charge in [0.25, 0.3) is 0 Å². The van der Waals surface area contributed by atoms with Gasteiger partial charge in [-0.2, -0.15) is 0 Å². The largest absolute Gasteiger partial charge is 0.481 e. The van der Waals surface area contributed by atoms with Crippen molar-refractivity contribution in [2.75, 3.05) is 0 Å². The fourth-order valence-electron chi connectivity index (χ4n) is 2.52. The summed E-state index contributed by atoms with van der Waals surface area (Å²) in [6.07, 6.45) is -0.283. The van der Waals surface area contributed by atoms with Crippen molar-refractivity contribution in [2.24, 2.45) is 0 Å². The molecule has 0 aliphatic heterocycles. The number of benzene rings is 2.